The van der Waals surface area contributed by atoms with Crippen LogP contribution in [0, 0.1) is 0 Å². The number of nitrogens with one attached hydrogen (secondary N) is 1. The standard InChI is InChI=1S/C16H13ClN4O3/c17-10-4-1-2-5-12(10)19-15(22)9-21-16(23)11(18)8-13(20-21)14-6-3-7-24-14/h1-8H,9,18H2,(H,19,22). The van der Waals surface area contributed by atoms with Gasteiger partial charge in [0.05, 0.1) is 17.0 Å². The molecule has 0 spiro atoms. The Bertz CT molecular complexity index is 935. The number of hydrogen-bond acceptors (Lipinski definition) is 5. The zero-order chi connectivity index (χ0) is 17.1. The molecule has 24 heavy (non-hydrogen) atoms. The Balaban J connectivity index is 1.85. The molecule has 0 aliphatic carbocycles. The van der Waals surface area contributed by atoms with E-state index in [0.717, 1.165) is 4.68 Å². The predicted octanol–water partition coefficient (Wildman–Crippen LogP) is 2.38. The van der Waals surface area contributed by atoms with E-state index < -0.39 is 11.5 Å². The molecular formula is C16H13ClN4O3. The van der Waals surface area contributed by atoms with E-state index in [1.807, 2.05) is 0 Å². The lowest BCUT2D eigenvalue weighted by molar-refractivity contribution is -0.117. The van der Waals surface area contributed by atoms with Crippen molar-refractivity contribution in [2.24, 2.45) is 0 Å². The van der Waals surface area contributed by atoms with Crippen molar-refractivity contribution in [3.63, 3.8) is 0 Å². The van der Waals surface area contributed by atoms with Gasteiger partial charge in [-0.1, -0.05) is 23.7 Å². The first-order chi connectivity index (χ1) is 11.5. The van der Waals surface area contributed by atoms with Crippen LogP contribution in [0.3, 0.4) is 0 Å². The number of rotatable bonds is 4. The maximum absolute atomic E-state index is 12.2. The molecule has 0 fully saturated rings. The summed E-state index contributed by atoms with van der Waals surface area (Å²) in [5.41, 5.74) is 5.95. The number of para-hydroxylation sites is 1. The van der Waals surface area contributed by atoms with Gasteiger partial charge < -0.3 is 15.5 Å². The summed E-state index contributed by atoms with van der Waals surface area (Å²) in [5, 5.41) is 7.14. The van der Waals surface area contributed by atoms with E-state index in [-0.39, 0.29) is 12.2 Å². The topological polar surface area (TPSA) is 103 Å². The Kier molecular flexibility index (Phi) is 4.35. The number of nitrogens with zero attached hydrogens (tertiary/aromatic N) is 2. The molecule has 2 aromatic heterocycles. The van der Waals surface area contributed by atoms with E-state index in [0.29, 0.717) is 22.2 Å². The first kappa shape index (κ1) is 15.8. The van der Waals surface area contributed by atoms with Crippen molar-refractivity contribution < 1.29 is 9.21 Å². The molecule has 0 aliphatic heterocycles. The maximum atomic E-state index is 12.2. The molecule has 0 saturated heterocycles. The molecule has 3 N–H and O–H groups in total. The van der Waals surface area contributed by atoms with Crippen LogP contribution >= 0.6 is 11.6 Å². The molecule has 0 bridgehead atoms. The number of furan rings is 1. The molecule has 8 heteroatoms. The van der Waals surface area contributed by atoms with E-state index >= 15 is 0 Å². The molecule has 2 heterocycles. The van der Waals surface area contributed by atoms with Crippen molar-refractivity contribution in [3.05, 3.63) is 64.1 Å². The third kappa shape index (κ3) is 3.31. The molecule has 0 atom stereocenters. The summed E-state index contributed by atoms with van der Waals surface area (Å²) in [6, 6.07) is 11.6. The average molecular weight is 345 g/mol. The Morgan fingerprint density at radius 1 is 1.29 bits per heavy atom. The van der Waals surface area contributed by atoms with Crippen LogP contribution in [0.15, 0.2) is 57.9 Å². The normalized spacial score (nSPS) is 10.5. The monoisotopic (exact) mass is 344 g/mol. The minimum absolute atomic E-state index is 0.0260. The van der Waals surface area contributed by atoms with Crippen LogP contribution < -0.4 is 16.6 Å². The lowest BCUT2D eigenvalue weighted by atomic mass is 10.3. The Hall–Kier alpha value is -3.06. The number of halogens is 1. The Labute approximate surface area is 141 Å². The van der Waals surface area contributed by atoms with Crippen LogP contribution in [0.4, 0.5) is 11.4 Å². The van der Waals surface area contributed by atoms with Gasteiger partial charge in [0.2, 0.25) is 5.91 Å². The maximum Gasteiger partial charge on any atom is 0.290 e. The minimum Gasteiger partial charge on any atom is -0.463 e. The van der Waals surface area contributed by atoms with Gasteiger partial charge in [0.25, 0.3) is 5.56 Å². The number of amides is 1. The van der Waals surface area contributed by atoms with Gasteiger partial charge >= 0.3 is 0 Å². The summed E-state index contributed by atoms with van der Waals surface area (Å²) in [5.74, 6) is -0.00402. The second-order valence-corrected chi connectivity index (χ2v) is 5.36. The van der Waals surface area contributed by atoms with Gasteiger partial charge in [0.1, 0.15) is 17.9 Å². The van der Waals surface area contributed by atoms with E-state index in [2.05, 4.69) is 10.4 Å². The fraction of sp³-hybridized carbons (Fsp3) is 0.0625. The van der Waals surface area contributed by atoms with E-state index in [1.165, 1.54) is 12.3 Å². The zero-order valence-corrected chi connectivity index (χ0v) is 13.2. The van der Waals surface area contributed by atoms with Gasteiger partial charge in [0, 0.05) is 0 Å². The third-order valence-electron chi connectivity index (χ3n) is 3.22. The van der Waals surface area contributed by atoms with Crippen molar-refractivity contribution in [2.45, 2.75) is 6.54 Å². The van der Waals surface area contributed by atoms with Crippen LogP contribution in [-0.2, 0) is 11.3 Å². The largest absolute Gasteiger partial charge is 0.463 e. The molecule has 0 radical (unpaired) electrons. The minimum atomic E-state index is -0.556. The summed E-state index contributed by atoms with van der Waals surface area (Å²) < 4.78 is 6.22. The highest BCUT2D eigenvalue weighted by Gasteiger charge is 2.13. The summed E-state index contributed by atoms with van der Waals surface area (Å²) in [7, 11) is 0. The molecule has 0 saturated carbocycles. The highest BCUT2D eigenvalue weighted by atomic mass is 35.5. The molecule has 3 aromatic rings. The zero-order valence-electron chi connectivity index (χ0n) is 12.4. The third-order valence-corrected chi connectivity index (χ3v) is 3.55. The number of anilines is 2. The first-order valence-electron chi connectivity index (χ1n) is 7.00. The number of carbonyl (C=O) groups excluding carboxylic acids is 1. The highest BCUT2D eigenvalue weighted by Crippen LogP contribution is 2.20. The van der Waals surface area contributed by atoms with E-state index in [9.17, 15) is 9.59 Å². The van der Waals surface area contributed by atoms with Crippen molar-refractivity contribution in [1.82, 2.24) is 9.78 Å². The molecule has 122 valence electrons. The van der Waals surface area contributed by atoms with Crippen LogP contribution in [0.2, 0.25) is 5.02 Å². The predicted molar refractivity (Wildman–Crippen MR) is 90.7 cm³/mol. The van der Waals surface area contributed by atoms with Gasteiger partial charge in [0.15, 0.2) is 5.76 Å². The lowest BCUT2D eigenvalue weighted by Gasteiger charge is -2.09. The summed E-state index contributed by atoms with van der Waals surface area (Å²) >= 11 is 5.99. The first-order valence-corrected chi connectivity index (χ1v) is 7.38. The second-order valence-electron chi connectivity index (χ2n) is 4.95. The second kappa shape index (κ2) is 6.59. The van der Waals surface area contributed by atoms with E-state index in [4.69, 9.17) is 21.8 Å². The van der Waals surface area contributed by atoms with Gasteiger partial charge in [-0.15, -0.1) is 0 Å². The SMILES string of the molecule is Nc1cc(-c2ccco2)nn(CC(=O)Nc2ccccc2Cl)c1=O. The van der Waals surface area contributed by atoms with Gasteiger partial charge in [-0.3, -0.25) is 9.59 Å². The molecule has 3 rings (SSSR count). The molecule has 0 aliphatic rings. The van der Waals surface area contributed by atoms with Crippen LogP contribution in [0.25, 0.3) is 11.5 Å². The number of nitrogen functional groups attached to an aromatic ring is 1. The number of hydrogen-bond donors (Lipinski definition) is 2. The summed E-state index contributed by atoms with van der Waals surface area (Å²) in [6.45, 7) is -0.303. The molecule has 7 nitrogen and oxygen atoms in total. The van der Waals surface area contributed by atoms with Crippen LogP contribution in [-0.4, -0.2) is 15.7 Å². The molecule has 0 unspecified atom stereocenters. The number of carbonyl (C=O) groups is 1. The van der Waals surface area contributed by atoms with Gasteiger partial charge in [-0.25, -0.2) is 4.68 Å². The van der Waals surface area contributed by atoms with Crippen molar-refractivity contribution in [3.8, 4) is 11.5 Å². The number of benzene rings is 1. The lowest BCUT2D eigenvalue weighted by Crippen LogP contribution is -2.31. The smallest absolute Gasteiger partial charge is 0.290 e. The van der Waals surface area contributed by atoms with Gasteiger partial charge in [-0.2, -0.15) is 5.10 Å². The number of nitrogens with two attached hydrogens (primary N) is 1. The van der Waals surface area contributed by atoms with Crippen molar-refractivity contribution >= 4 is 28.9 Å². The Morgan fingerprint density at radius 3 is 2.79 bits per heavy atom. The van der Waals surface area contributed by atoms with Crippen LogP contribution in [0.1, 0.15) is 0 Å². The summed E-state index contributed by atoms with van der Waals surface area (Å²) in [6.07, 6.45) is 1.48. The highest BCUT2D eigenvalue weighted by molar-refractivity contribution is 6.33. The molecule has 1 amide bonds. The molecular weight excluding hydrogens is 332 g/mol. The Morgan fingerprint density at radius 2 is 2.08 bits per heavy atom. The quantitative estimate of drug-likeness (QED) is 0.756. The van der Waals surface area contributed by atoms with E-state index in [1.54, 1.807) is 36.4 Å². The molecule has 1 aromatic carbocycles. The average Bonchev–Trinajstić information content (AvgIpc) is 3.08. The van der Waals surface area contributed by atoms with Crippen molar-refractivity contribution in [1.29, 1.82) is 0 Å². The van der Waals surface area contributed by atoms with Crippen molar-refractivity contribution in [2.75, 3.05) is 11.1 Å². The fourth-order valence-corrected chi connectivity index (χ4v) is 2.29. The van der Waals surface area contributed by atoms with Crippen LogP contribution in [0.5, 0.6) is 0 Å². The fourth-order valence-electron chi connectivity index (χ4n) is 2.10. The van der Waals surface area contributed by atoms with Gasteiger partial charge in [-0.05, 0) is 30.3 Å². The number of aromatic nitrogens is 2. The summed E-state index contributed by atoms with van der Waals surface area (Å²) in [4.78, 5) is 24.2.